The van der Waals surface area contributed by atoms with Gasteiger partial charge in [-0.05, 0) is 36.3 Å². The number of ether oxygens (including phenoxy) is 2. The van der Waals surface area contributed by atoms with E-state index in [0.717, 1.165) is 5.38 Å². The van der Waals surface area contributed by atoms with Crippen molar-refractivity contribution in [3.05, 3.63) is 16.7 Å². The SMILES string of the molecule is COCOC(=C=C(C)C1CCCCC1)[Si](C)(C)C(C)(C)C. The van der Waals surface area contributed by atoms with Crippen LogP contribution < -0.4 is 0 Å². The molecule has 1 aliphatic carbocycles. The Morgan fingerprint density at radius 1 is 1.14 bits per heavy atom. The van der Waals surface area contributed by atoms with Crippen molar-refractivity contribution in [2.24, 2.45) is 5.92 Å². The van der Waals surface area contributed by atoms with Gasteiger partial charge in [-0.2, -0.15) is 0 Å². The monoisotopic (exact) mass is 310 g/mol. The first-order chi connectivity index (χ1) is 9.70. The minimum absolute atomic E-state index is 0.246. The minimum Gasteiger partial charge on any atom is -0.469 e. The van der Waals surface area contributed by atoms with Gasteiger partial charge in [0.25, 0.3) is 0 Å². The first-order valence-corrected chi connectivity index (χ1v) is 11.3. The minimum atomic E-state index is -1.72. The second-order valence-corrected chi connectivity index (χ2v) is 13.1. The highest BCUT2D eigenvalue weighted by molar-refractivity contribution is 6.86. The molecule has 0 spiro atoms. The molecule has 0 bridgehead atoms. The van der Waals surface area contributed by atoms with Crippen LogP contribution in [0.5, 0.6) is 0 Å². The summed E-state index contributed by atoms with van der Waals surface area (Å²) in [4.78, 5) is 0. The van der Waals surface area contributed by atoms with Gasteiger partial charge in [0.05, 0.1) is 0 Å². The zero-order valence-electron chi connectivity index (χ0n) is 15.1. The summed E-state index contributed by atoms with van der Waals surface area (Å²) < 4.78 is 11.1. The molecule has 21 heavy (non-hydrogen) atoms. The zero-order chi connectivity index (χ0) is 16.1. The molecule has 0 amide bonds. The van der Waals surface area contributed by atoms with Crippen molar-refractivity contribution in [2.75, 3.05) is 13.9 Å². The van der Waals surface area contributed by atoms with E-state index in [4.69, 9.17) is 9.47 Å². The summed E-state index contributed by atoms with van der Waals surface area (Å²) in [6.07, 6.45) is 6.74. The molecule has 1 saturated carbocycles. The van der Waals surface area contributed by atoms with E-state index in [1.165, 1.54) is 37.7 Å². The number of hydrogen-bond acceptors (Lipinski definition) is 2. The smallest absolute Gasteiger partial charge is 0.188 e. The Morgan fingerprint density at radius 2 is 1.71 bits per heavy atom. The van der Waals surface area contributed by atoms with Gasteiger partial charge < -0.3 is 9.47 Å². The molecule has 1 fully saturated rings. The third kappa shape index (κ3) is 5.02. The summed E-state index contributed by atoms with van der Waals surface area (Å²) in [6, 6.07) is 0. The molecule has 0 radical (unpaired) electrons. The van der Waals surface area contributed by atoms with Gasteiger partial charge in [-0.3, -0.25) is 0 Å². The van der Waals surface area contributed by atoms with Gasteiger partial charge in [-0.15, -0.1) is 0 Å². The maximum atomic E-state index is 5.97. The van der Waals surface area contributed by atoms with Gasteiger partial charge in [0.1, 0.15) is 13.5 Å². The van der Waals surface area contributed by atoms with Crippen LogP contribution in [0, 0.1) is 5.92 Å². The van der Waals surface area contributed by atoms with Crippen LogP contribution in [0.2, 0.25) is 18.1 Å². The Labute approximate surface area is 132 Å². The van der Waals surface area contributed by atoms with Gasteiger partial charge in [0.2, 0.25) is 0 Å². The van der Waals surface area contributed by atoms with Crippen LogP contribution in [0.25, 0.3) is 0 Å². The third-order valence-electron chi connectivity index (χ3n) is 5.29. The Bertz CT molecular complexity index is 392. The standard InChI is InChI=1S/C18H34O2Si/c1-15(16-11-9-8-10-12-16)13-17(20-14-19-5)21(6,7)18(2,3)4/h16H,8-12,14H2,1-7H3. The summed E-state index contributed by atoms with van der Waals surface area (Å²) in [5, 5.41) is 1.32. The van der Waals surface area contributed by atoms with Crippen molar-refractivity contribution < 1.29 is 9.47 Å². The fourth-order valence-electron chi connectivity index (χ4n) is 2.65. The fourth-order valence-corrected chi connectivity index (χ4v) is 4.26. The fraction of sp³-hybridized carbons (Fsp3) is 0.833. The lowest BCUT2D eigenvalue weighted by atomic mass is 9.85. The molecule has 1 aliphatic rings. The van der Waals surface area contributed by atoms with Crippen molar-refractivity contribution in [3.63, 3.8) is 0 Å². The number of allylic oxidation sites excluding steroid dienone is 1. The lowest BCUT2D eigenvalue weighted by molar-refractivity contribution is 0.0127. The molecular weight excluding hydrogens is 276 g/mol. The summed E-state index contributed by atoms with van der Waals surface area (Å²) in [7, 11) is -0.0339. The van der Waals surface area contributed by atoms with Gasteiger partial charge in [-0.25, -0.2) is 0 Å². The number of hydrogen-bond donors (Lipinski definition) is 0. The lowest BCUT2D eigenvalue weighted by Gasteiger charge is -2.37. The largest absolute Gasteiger partial charge is 0.469 e. The average molecular weight is 311 g/mol. The van der Waals surface area contributed by atoms with Crippen molar-refractivity contribution >= 4 is 8.07 Å². The summed E-state index contributed by atoms with van der Waals surface area (Å²) in [6.45, 7) is 14.2. The molecular formula is C18H34O2Si. The van der Waals surface area contributed by atoms with Gasteiger partial charge in [0, 0.05) is 7.11 Å². The summed E-state index contributed by atoms with van der Waals surface area (Å²) in [5.74, 6) is 0.699. The van der Waals surface area contributed by atoms with E-state index < -0.39 is 8.07 Å². The highest BCUT2D eigenvalue weighted by atomic mass is 28.3. The van der Waals surface area contributed by atoms with Crippen LogP contribution in [-0.4, -0.2) is 22.0 Å². The van der Waals surface area contributed by atoms with Gasteiger partial charge in [-0.1, -0.05) is 58.9 Å². The average Bonchev–Trinajstić information content (AvgIpc) is 2.42. The maximum Gasteiger partial charge on any atom is 0.188 e. The molecule has 0 aromatic heterocycles. The van der Waals surface area contributed by atoms with Crippen molar-refractivity contribution in [1.82, 2.24) is 0 Å². The van der Waals surface area contributed by atoms with E-state index in [9.17, 15) is 0 Å². The summed E-state index contributed by atoms with van der Waals surface area (Å²) in [5.41, 5.74) is 5.04. The van der Waals surface area contributed by atoms with Crippen LogP contribution in [0.4, 0.5) is 0 Å². The van der Waals surface area contributed by atoms with Crippen LogP contribution in [0.3, 0.4) is 0 Å². The molecule has 3 heteroatoms. The third-order valence-corrected chi connectivity index (χ3v) is 10.4. The Balaban J connectivity index is 3.13. The van der Waals surface area contributed by atoms with E-state index in [-0.39, 0.29) is 5.04 Å². The second-order valence-electron chi connectivity index (χ2n) is 7.90. The van der Waals surface area contributed by atoms with Crippen LogP contribution >= 0.6 is 0 Å². The molecule has 0 atom stereocenters. The van der Waals surface area contributed by atoms with Gasteiger partial charge in [0.15, 0.2) is 6.79 Å². The maximum absolute atomic E-state index is 5.97. The van der Waals surface area contributed by atoms with Crippen LogP contribution in [0.15, 0.2) is 16.7 Å². The molecule has 0 aliphatic heterocycles. The normalized spacial score (nSPS) is 17.3. The van der Waals surface area contributed by atoms with Crippen molar-refractivity contribution in [2.45, 2.75) is 77.9 Å². The van der Waals surface area contributed by atoms with E-state index in [1.54, 1.807) is 7.11 Å². The Hall–Kier alpha value is -0.503. The number of rotatable bonds is 5. The zero-order valence-corrected chi connectivity index (χ0v) is 16.1. The molecule has 0 aromatic carbocycles. The molecule has 122 valence electrons. The lowest BCUT2D eigenvalue weighted by Crippen LogP contribution is -2.40. The van der Waals surface area contributed by atoms with E-state index in [1.807, 2.05) is 0 Å². The highest BCUT2D eigenvalue weighted by Gasteiger charge is 2.41. The molecule has 0 saturated heterocycles. The predicted octanol–water partition coefficient (Wildman–Crippen LogP) is 5.66. The topological polar surface area (TPSA) is 18.5 Å². The van der Waals surface area contributed by atoms with Crippen LogP contribution in [-0.2, 0) is 9.47 Å². The van der Waals surface area contributed by atoms with E-state index in [0.29, 0.717) is 12.7 Å². The Kier molecular flexibility index (Phi) is 6.77. The molecule has 0 heterocycles. The number of methoxy groups -OCH3 is 1. The van der Waals surface area contributed by atoms with Crippen LogP contribution in [0.1, 0.15) is 59.8 Å². The Morgan fingerprint density at radius 3 is 2.19 bits per heavy atom. The first-order valence-electron chi connectivity index (χ1n) is 8.29. The molecule has 0 N–H and O–H groups in total. The second kappa shape index (κ2) is 7.67. The molecule has 1 rings (SSSR count). The first kappa shape index (κ1) is 18.5. The van der Waals surface area contributed by atoms with Crippen molar-refractivity contribution in [3.8, 4) is 0 Å². The molecule has 0 unspecified atom stereocenters. The quantitative estimate of drug-likeness (QED) is 0.282. The van der Waals surface area contributed by atoms with E-state index >= 15 is 0 Å². The van der Waals surface area contributed by atoms with Crippen molar-refractivity contribution in [1.29, 1.82) is 0 Å². The van der Waals surface area contributed by atoms with Gasteiger partial charge >= 0.3 is 0 Å². The highest BCUT2D eigenvalue weighted by Crippen LogP contribution is 2.41. The molecule has 0 aromatic rings. The molecule has 2 nitrogen and oxygen atoms in total. The summed E-state index contributed by atoms with van der Waals surface area (Å²) >= 11 is 0. The van der Waals surface area contributed by atoms with E-state index in [2.05, 4.69) is 46.5 Å². The predicted molar refractivity (Wildman–Crippen MR) is 92.9 cm³/mol.